The molecule has 12 heavy (non-hydrogen) atoms. The van der Waals surface area contributed by atoms with Crippen molar-refractivity contribution in [2.24, 2.45) is 0 Å². The summed E-state index contributed by atoms with van der Waals surface area (Å²) in [6.07, 6.45) is 1.79. The molecule has 0 radical (unpaired) electrons. The molecule has 0 heterocycles. The fraction of sp³-hybridized carbons (Fsp3) is 0.273. The summed E-state index contributed by atoms with van der Waals surface area (Å²) in [6.45, 7) is 7.97. The average molecular weight is 181 g/mol. The van der Waals surface area contributed by atoms with Crippen LogP contribution in [-0.4, -0.2) is 0 Å². The molecule has 1 heteroatoms. The molecule has 1 aromatic rings. The summed E-state index contributed by atoms with van der Waals surface area (Å²) in [5.74, 6) is 0.470. The van der Waals surface area contributed by atoms with Gasteiger partial charge in [-0.15, -0.1) is 0 Å². The SMILES string of the molecule is C=Cc1cccc(C(C)C)c1Cl. The van der Waals surface area contributed by atoms with Crippen LogP contribution in [0.5, 0.6) is 0 Å². The van der Waals surface area contributed by atoms with Crippen molar-refractivity contribution in [3.8, 4) is 0 Å². The number of benzene rings is 1. The van der Waals surface area contributed by atoms with Crippen LogP contribution in [0.15, 0.2) is 24.8 Å². The van der Waals surface area contributed by atoms with Gasteiger partial charge in [-0.2, -0.15) is 0 Å². The Morgan fingerprint density at radius 1 is 1.42 bits per heavy atom. The topological polar surface area (TPSA) is 0 Å². The van der Waals surface area contributed by atoms with Crippen LogP contribution in [0.2, 0.25) is 5.02 Å². The van der Waals surface area contributed by atoms with Gasteiger partial charge in [0.15, 0.2) is 0 Å². The summed E-state index contributed by atoms with van der Waals surface area (Å²) in [7, 11) is 0. The fourth-order valence-corrected chi connectivity index (χ4v) is 1.59. The number of hydrogen-bond acceptors (Lipinski definition) is 0. The minimum atomic E-state index is 0.470. The van der Waals surface area contributed by atoms with E-state index < -0.39 is 0 Å². The Hall–Kier alpha value is -0.750. The normalized spacial score (nSPS) is 10.3. The van der Waals surface area contributed by atoms with Crippen LogP contribution in [0.3, 0.4) is 0 Å². The summed E-state index contributed by atoms with van der Waals surface area (Å²) in [5, 5.41) is 0.836. The lowest BCUT2D eigenvalue weighted by atomic mass is 10.0. The molecule has 0 saturated heterocycles. The zero-order valence-electron chi connectivity index (χ0n) is 7.47. The molecule has 0 bridgehead atoms. The smallest absolute Gasteiger partial charge is 0.0512 e. The third-order valence-electron chi connectivity index (χ3n) is 1.90. The number of rotatable bonds is 2. The van der Waals surface area contributed by atoms with E-state index in [1.807, 2.05) is 12.1 Å². The van der Waals surface area contributed by atoms with Crippen LogP contribution >= 0.6 is 11.6 Å². The van der Waals surface area contributed by atoms with Gasteiger partial charge in [0.1, 0.15) is 0 Å². The summed E-state index contributed by atoms with van der Waals surface area (Å²) >= 11 is 6.13. The third kappa shape index (κ3) is 1.70. The predicted molar refractivity (Wildman–Crippen MR) is 55.6 cm³/mol. The molecular weight excluding hydrogens is 168 g/mol. The van der Waals surface area contributed by atoms with E-state index in [1.165, 1.54) is 5.56 Å². The molecule has 0 unspecified atom stereocenters. The molecule has 1 rings (SSSR count). The van der Waals surface area contributed by atoms with Crippen molar-refractivity contribution >= 4 is 17.7 Å². The molecule has 0 amide bonds. The lowest BCUT2D eigenvalue weighted by Gasteiger charge is -2.09. The zero-order valence-corrected chi connectivity index (χ0v) is 8.23. The first-order valence-corrected chi connectivity index (χ1v) is 4.45. The molecule has 0 spiro atoms. The van der Waals surface area contributed by atoms with Crippen molar-refractivity contribution in [3.05, 3.63) is 40.9 Å². The highest BCUT2D eigenvalue weighted by atomic mass is 35.5. The Balaban J connectivity index is 3.22. The summed E-state index contributed by atoms with van der Waals surface area (Å²) < 4.78 is 0. The molecule has 0 aliphatic carbocycles. The van der Waals surface area contributed by atoms with E-state index in [0.29, 0.717) is 5.92 Å². The molecular formula is C11H13Cl. The maximum absolute atomic E-state index is 6.13. The summed E-state index contributed by atoms with van der Waals surface area (Å²) in [5.41, 5.74) is 2.21. The molecule has 0 atom stereocenters. The molecule has 0 aromatic heterocycles. The van der Waals surface area contributed by atoms with Crippen molar-refractivity contribution in [1.29, 1.82) is 0 Å². The van der Waals surface area contributed by atoms with E-state index in [4.69, 9.17) is 11.6 Å². The van der Waals surface area contributed by atoms with Crippen LogP contribution in [0.1, 0.15) is 30.9 Å². The lowest BCUT2D eigenvalue weighted by molar-refractivity contribution is 0.866. The molecule has 0 saturated carbocycles. The lowest BCUT2D eigenvalue weighted by Crippen LogP contribution is -1.89. The zero-order chi connectivity index (χ0) is 9.14. The van der Waals surface area contributed by atoms with E-state index in [2.05, 4.69) is 26.5 Å². The Kier molecular flexibility index (Phi) is 2.93. The average Bonchev–Trinajstić information content (AvgIpc) is 2.04. The second kappa shape index (κ2) is 3.77. The molecule has 0 N–H and O–H groups in total. The Labute approximate surface area is 78.9 Å². The van der Waals surface area contributed by atoms with Gasteiger partial charge in [-0.1, -0.05) is 56.3 Å². The van der Waals surface area contributed by atoms with Gasteiger partial charge in [0.2, 0.25) is 0 Å². The first kappa shape index (κ1) is 9.34. The minimum absolute atomic E-state index is 0.470. The Bertz CT molecular complexity index is 287. The quantitative estimate of drug-likeness (QED) is 0.643. The van der Waals surface area contributed by atoms with E-state index in [-0.39, 0.29) is 0 Å². The van der Waals surface area contributed by atoms with Crippen molar-refractivity contribution in [2.75, 3.05) is 0 Å². The first-order chi connectivity index (χ1) is 5.66. The van der Waals surface area contributed by atoms with Crippen LogP contribution < -0.4 is 0 Å². The van der Waals surface area contributed by atoms with Crippen molar-refractivity contribution in [2.45, 2.75) is 19.8 Å². The van der Waals surface area contributed by atoms with Crippen molar-refractivity contribution in [3.63, 3.8) is 0 Å². The predicted octanol–water partition coefficient (Wildman–Crippen LogP) is 4.11. The third-order valence-corrected chi connectivity index (χ3v) is 2.34. The van der Waals surface area contributed by atoms with Crippen molar-refractivity contribution < 1.29 is 0 Å². The number of hydrogen-bond donors (Lipinski definition) is 0. The highest BCUT2D eigenvalue weighted by Crippen LogP contribution is 2.27. The van der Waals surface area contributed by atoms with Gasteiger partial charge in [0.25, 0.3) is 0 Å². The summed E-state index contributed by atoms with van der Waals surface area (Å²) in [4.78, 5) is 0. The second-order valence-corrected chi connectivity index (χ2v) is 3.49. The highest BCUT2D eigenvalue weighted by Gasteiger charge is 2.06. The van der Waals surface area contributed by atoms with E-state index in [0.717, 1.165) is 10.6 Å². The largest absolute Gasteiger partial charge is 0.0984 e. The molecule has 0 nitrogen and oxygen atoms in total. The second-order valence-electron chi connectivity index (χ2n) is 3.11. The van der Waals surface area contributed by atoms with Crippen LogP contribution in [-0.2, 0) is 0 Å². The van der Waals surface area contributed by atoms with Crippen LogP contribution in [0.4, 0.5) is 0 Å². The summed E-state index contributed by atoms with van der Waals surface area (Å²) in [6, 6.07) is 6.04. The van der Waals surface area contributed by atoms with Gasteiger partial charge in [-0.3, -0.25) is 0 Å². The Morgan fingerprint density at radius 3 is 2.58 bits per heavy atom. The van der Waals surface area contributed by atoms with Gasteiger partial charge in [0, 0.05) is 0 Å². The minimum Gasteiger partial charge on any atom is -0.0984 e. The maximum Gasteiger partial charge on any atom is 0.0512 e. The van der Waals surface area contributed by atoms with Gasteiger partial charge in [0.05, 0.1) is 5.02 Å². The monoisotopic (exact) mass is 180 g/mol. The fourth-order valence-electron chi connectivity index (χ4n) is 1.17. The molecule has 0 aliphatic rings. The van der Waals surface area contributed by atoms with Gasteiger partial charge >= 0.3 is 0 Å². The van der Waals surface area contributed by atoms with Gasteiger partial charge in [-0.25, -0.2) is 0 Å². The van der Waals surface area contributed by atoms with Crippen LogP contribution in [0, 0.1) is 0 Å². The van der Waals surface area contributed by atoms with Gasteiger partial charge < -0.3 is 0 Å². The highest BCUT2D eigenvalue weighted by molar-refractivity contribution is 6.32. The van der Waals surface area contributed by atoms with Crippen molar-refractivity contribution in [1.82, 2.24) is 0 Å². The standard InChI is InChI=1S/C11H13Cl/c1-4-9-6-5-7-10(8(2)3)11(9)12/h4-8H,1H2,2-3H3. The van der Waals surface area contributed by atoms with E-state index >= 15 is 0 Å². The van der Waals surface area contributed by atoms with Crippen LogP contribution in [0.25, 0.3) is 6.08 Å². The Morgan fingerprint density at radius 2 is 2.08 bits per heavy atom. The van der Waals surface area contributed by atoms with E-state index in [9.17, 15) is 0 Å². The van der Waals surface area contributed by atoms with Gasteiger partial charge in [-0.05, 0) is 17.0 Å². The first-order valence-electron chi connectivity index (χ1n) is 4.07. The molecule has 1 aromatic carbocycles. The van der Waals surface area contributed by atoms with E-state index in [1.54, 1.807) is 6.08 Å². The number of halogens is 1. The molecule has 64 valence electrons. The molecule has 0 aliphatic heterocycles. The molecule has 0 fully saturated rings. The maximum atomic E-state index is 6.13.